The number of fused-ring (bicyclic) bond motifs is 1. The Hall–Kier alpha value is -2.40. The molecule has 2 heterocycles. The van der Waals surface area contributed by atoms with Gasteiger partial charge in [-0.15, -0.1) is 0 Å². The number of rotatable bonds is 5. The number of nitrogens with one attached hydrogen (secondary N) is 1. The highest BCUT2D eigenvalue weighted by atomic mass is 32.2. The van der Waals surface area contributed by atoms with Crippen molar-refractivity contribution in [3.05, 3.63) is 42.2 Å². The van der Waals surface area contributed by atoms with Gasteiger partial charge in [-0.05, 0) is 12.1 Å². The summed E-state index contributed by atoms with van der Waals surface area (Å²) in [6.45, 7) is 0.0924. The maximum Gasteiger partial charge on any atom is 0.416 e. The quantitative estimate of drug-likeness (QED) is 0.741. The second-order valence-electron chi connectivity index (χ2n) is 5.34. The first-order chi connectivity index (χ1) is 11.7. The van der Waals surface area contributed by atoms with Crippen LogP contribution in [0.5, 0.6) is 0 Å². The molecule has 1 N–H and O–H groups in total. The number of benzene rings is 1. The summed E-state index contributed by atoms with van der Waals surface area (Å²) in [5.74, 6) is 0.357. The fourth-order valence-corrected chi connectivity index (χ4v) is 3.67. The van der Waals surface area contributed by atoms with Crippen molar-refractivity contribution in [2.24, 2.45) is 0 Å². The monoisotopic (exact) mass is 374 g/mol. The van der Waals surface area contributed by atoms with E-state index in [2.05, 4.69) is 19.6 Å². The summed E-state index contributed by atoms with van der Waals surface area (Å²) in [4.78, 5) is 6.30. The molecular weight excluding hydrogens is 361 g/mol. The van der Waals surface area contributed by atoms with Crippen LogP contribution in [0.15, 0.2) is 40.2 Å². The number of aromatic amines is 1. The number of sulfonamides is 1. The molecule has 134 valence electrons. The van der Waals surface area contributed by atoms with Gasteiger partial charge in [-0.3, -0.25) is 0 Å². The van der Waals surface area contributed by atoms with E-state index < -0.39 is 21.8 Å². The van der Waals surface area contributed by atoms with Crippen LogP contribution in [0.3, 0.4) is 0 Å². The zero-order valence-corrected chi connectivity index (χ0v) is 13.7. The number of alkyl halides is 3. The van der Waals surface area contributed by atoms with E-state index in [9.17, 15) is 21.6 Å². The van der Waals surface area contributed by atoms with Crippen molar-refractivity contribution in [1.29, 1.82) is 0 Å². The van der Waals surface area contributed by atoms with E-state index in [1.54, 1.807) is 0 Å². The zero-order chi connectivity index (χ0) is 18.2. The Balaban J connectivity index is 1.89. The van der Waals surface area contributed by atoms with Crippen molar-refractivity contribution in [2.45, 2.75) is 17.5 Å². The molecule has 0 saturated heterocycles. The molecule has 0 unspecified atom stereocenters. The molecule has 0 atom stereocenters. The number of nitrogens with zero attached hydrogens (tertiary/aromatic N) is 3. The lowest BCUT2D eigenvalue weighted by molar-refractivity contribution is -0.137. The summed E-state index contributed by atoms with van der Waals surface area (Å²) in [7, 11) is -2.52. The van der Waals surface area contributed by atoms with Crippen molar-refractivity contribution in [1.82, 2.24) is 19.4 Å². The Kier molecular flexibility index (Phi) is 4.29. The fourth-order valence-electron chi connectivity index (χ4n) is 2.34. The summed E-state index contributed by atoms with van der Waals surface area (Å²) in [6.07, 6.45) is -1.93. The Morgan fingerprint density at radius 2 is 2.08 bits per heavy atom. The van der Waals surface area contributed by atoms with Crippen LogP contribution >= 0.6 is 0 Å². The van der Waals surface area contributed by atoms with Gasteiger partial charge in [0.15, 0.2) is 5.82 Å². The Labute approximate surface area is 140 Å². The number of aromatic nitrogens is 3. The normalized spacial score (nSPS) is 13.0. The van der Waals surface area contributed by atoms with Gasteiger partial charge in [0, 0.05) is 37.1 Å². The van der Waals surface area contributed by atoms with Crippen LogP contribution in [0.4, 0.5) is 13.2 Å². The Bertz CT molecular complexity index is 981. The van der Waals surface area contributed by atoms with E-state index in [0.29, 0.717) is 5.82 Å². The summed E-state index contributed by atoms with van der Waals surface area (Å²) in [5, 5.41) is 3.79. The minimum absolute atomic E-state index is 0.0909. The third-order valence-corrected chi connectivity index (χ3v) is 5.61. The van der Waals surface area contributed by atoms with Gasteiger partial charge in [0.1, 0.15) is 4.90 Å². The third-order valence-electron chi connectivity index (χ3n) is 3.72. The molecule has 0 aliphatic rings. The van der Waals surface area contributed by atoms with Crippen LogP contribution in [0.25, 0.3) is 10.9 Å². The first-order valence-corrected chi connectivity index (χ1v) is 8.53. The maximum atomic E-state index is 12.8. The van der Waals surface area contributed by atoms with Gasteiger partial charge < -0.3 is 9.51 Å². The molecule has 0 bridgehead atoms. The molecule has 1 aromatic carbocycles. The molecule has 0 amide bonds. The molecule has 0 aliphatic carbocycles. The maximum absolute atomic E-state index is 12.8. The van der Waals surface area contributed by atoms with E-state index in [1.165, 1.54) is 13.2 Å². The predicted octanol–water partition coefficient (Wildman–Crippen LogP) is 2.43. The van der Waals surface area contributed by atoms with Crippen LogP contribution in [0.1, 0.15) is 11.4 Å². The second-order valence-corrected chi connectivity index (χ2v) is 7.35. The highest BCUT2D eigenvalue weighted by Crippen LogP contribution is 2.33. The average molecular weight is 374 g/mol. The fraction of sp³-hybridized carbons (Fsp3) is 0.286. The number of hydrogen-bond acceptors (Lipinski definition) is 5. The molecule has 11 heteroatoms. The number of halogens is 3. The summed E-state index contributed by atoms with van der Waals surface area (Å²) in [5.41, 5.74) is -0.753. The minimum Gasteiger partial charge on any atom is -0.360 e. The van der Waals surface area contributed by atoms with Crippen molar-refractivity contribution < 1.29 is 26.1 Å². The summed E-state index contributed by atoms with van der Waals surface area (Å²) >= 11 is 0. The van der Waals surface area contributed by atoms with E-state index in [0.717, 1.165) is 28.9 Å². The largest absolute Gasteiger partial charge is 0.416 e. The molecule has 0 aliphatic heterocycles. The first-order valence-electron chi connectivity index (χ1n) is 7.09. The Morgan fingerprint density at radius 1 is 1.32 bits per heavy atom. The average Bonchev–Trinajstić information content (AvgIpc) is 3.20. The molecule has 0 radical (unpaired) electrons. The molecule has 3 rings (SSSR count). The van der Waals surface area contributed by atoms with Gasteiger partial charge in [0.2, 0.25) is 16.4 Å². The van der Waals surface area contributed by atoms with Crippen molar-refractivity contribution in [3.8, 4) is 0 Å². The number of hydrogen-bond donors (Lipinski definition) is 1. The van der Waals surface area contributed by atoms with Crippen molar-refractivity contribution >= 4 is 20.9 Å². The van der Waals surface area contributed by atoms with Crippen molar-refractivity contribution in [2.75, 3.05) is 13.6 Å². The van der Waals surface area contributed by atoms with Gasteiger partial charge in [0.05, 0.1) is 5.56 Å². The number of H-pyrrole nitrogens is 1. The zero-order valence-electron chi connectivity index (χ0n) is 12.9. The molecular formula is C14H13F3N4O3S. The first kappa shape index (κ1) is 17.4. The molecule has 2 aromatic heterocycles. The minimum atomic E-state index is -4.50. The molecule has 3 aromatic rings. The van der Waals surface area contributed by atoms with Crippen LogP contribution in [0.2, 0.25) is 0 Å². The van der Waals surface area contributed by atoms with Crippen molar-refractivity contribution in [3.63, 3.8) is 0 Å². The molecule has 0 saturated carbocycles. The third kappa shape index (κ3) is 3.37. The van der Waals surface area contributed by atoms with Gasteiger partial charge in [-0.2, -0.15) is 18.2 Å². The van der Waals surface area contributed by atoms with Gasteiger partial charge >= 0.3 is 6.18 Å². The highest BCUT2D eigenvalue weighted by molar-refractivity contribution is 7.89. The summed E-state index contributed by atoms with van der Waals surface area (Å²) < 4.78 is 69.3. The standard InChI is InChI=1S/C14H13F3N4O3S/c1-21(5-4-13-19-8-24-20-13)25(22,23)12-7-18-11-6-9(14(15,16)17)2-3-10(11)12/h2-3,6-8,18H,4-5H2,1H3. The lowest BCUT2D eigenvalue weighted by Gasteiger charge is -2.15. The van der Waals surface area contributed by atoms with E-state index in [-0.39, 0.29) is 28.8 Å². The van der Waals surface area contributed by atoms with E-state index in [4.69, 9.17) is 0 Å². The highest BCUT2D eigenvalue weighted by Gasteiger charge is 2.31. The van der Waals surface area contributed by atoms with E-state index >= 15 is 0 Å². The van der Waals surface area contributed by atoms with Crippen LogP contribution in [-0.2, 0) is 22.6 Å². The molecule has 0 fully saturated rings. The number of likely N-dealkylation sites (N-methyl/N-ethyl adjacent to an activating group) is 1. The molecule has 7 nitrogen and oxygen atoms in total. The van der Waals surface area contributed by atoms with Crippen LogP contribution in [0, 0.1) is 0 Å². The summed E-state index contributed by atoms with van der Waals surface area (Å²) in [6, 6.07) is 2.89. The predicted molar refractivity (Wildman–Crippen MR) is 81.1 cm³/mol. The topological polar surface area (TPSA) is 92.1 Å². The van der Waals surface area contributed by atoms with Gasteiger partial charge in [0.25, 0.3) is 0 Å². The molecule has 25 heavy (non-hydrogen) atoms. The van der Waals surface area contributed by atoms with Gasteiger partial charge in [-0.1, -0.05) is 11.2 Å². The lowest BCUT2D eigenvalue weighted by Crippen LogP contribution is -2.29. The SMILES string of the molecule is CN(CCc1ncon1)S(=O)(=O)c1c[nH]c2cc(C(F)(F)F)ccc12. The van der Waals surface area contributed by atoms with Crippen LogP contribution in [-0.4, -0.2) is 41.4 Å². The van der Waals surface area contributed by atoms with E-state index in [1.807, 2.05) is 0 Å². The Morgan fingerprint density at radius 3 is 2.72 bits per heavy atom. The van der Waals surface area contributed by atoms with Gasteiger partial charge in [-0.25, -0.2) is 12.7 Å². The lowest BCUT2D eigenvalue weighted by atomic mass is 10.1. The smallest absolute Gasteiger partial charge is 0.360 e. The van der Waals surface area contributed by atoms with Crippen LogP contribution < -0.4 is 0 Å². The second kappa shape index (κ2) is 6.15. The molecule has 0 spiro atoms.